The summed E-state index contributed by atoms with van der Waals surface area (Å²) in [5.41, 5.74) is 0.782. The van der Waals surface area contributed by atoms with Crippen molar-refractivity contribution in [2.24, 2.45) is 0 Å². The molecule has 1 aromatic carbocycles. The van der Waals surface area contributed by atoms with Gasteiger partial charge in [0.2, 0.25) is 0 Å². The first-order chi connectivity index (χ1) is 8.58. The molecule has 1 aliphatic rings. The van der Waals surface area contributed by atoms with E-state index in [1.54, 1.807) is 12.1 Å². The second-order valence-electron chi connectivity index (χ2n) is 4.33. The van der Waals surface area contributed by atoms with E-state index in [1.807, 2.05) is 12.2 Å². The molecule has 0 radical (unpaired) electrons. The molecule has 18 heavy (non-hydrogen) atoms. The SMILES string of the molecule is CC(=O)c1ccc(NC2CC=CC2)c([N+](=O)[O-])c1. The molecule has 1 N–H and O–H groups in total. The molecular weight excluding hydrogens is 232 g/mol. The van der Waals surface area contributed by atoms with Crippen LogP contribution in [0.1, 0.15) is 30.1 Å². The number of Topliss-reactive ketones (excluding diaryl/α,β-unsaturated/α-hetero) is 1. The number of carbonyl (C=O) groups excluding carboxylic acids is 1. The minimum absolute atomic E-state index is 0.0467. The van der Waals surface area contributed by atoms with E-state index in [4.69, 9.17) is 0 Å². The highest BCUT2D eigenvalue weighted by Crippen LogP contribution is 2.28. The van der Waals surface area contributed by atoms with Gasteiger partial charge < -0.3 is 5.32 Å². The van der Waals surface area contributed by atoms with Crippen molar-refractivity contribution < 1.29 is 9.72 Å². The van der Waals surface area contributed by atoms with Crippen LogP contribution in [0.4, 0.5) is 11.4 Å². The molecule has 0 aliphatic heterocycles. The number of nitro benzene ring substituents is 1. The second kappa shape index (κ2) is 5.00. The van der Waals surface area contributed by atoms with E-state index in [0.29, 0.717) is 11.3 Å². The molecule has 0 fully saturated rings. The van der Waals surface area contributed by atoms with Crippen LogP contribution in [-0.2, 0) is 0 Å². The normalized spacial score (nSPS) is 14.7. The maximum atomic E-state index is 11.2. The fraction of sp³-hybridized carbons (Fsp3) is 0.308. The molecule has 0 spiro atoms. The zero-order chi connectivity index (χ0) is 13.1. The van der Waals surface area contributed by atoms with Crippen LogP contribution in [0.3, 0.4) is 0 Å². The third kappa shape index (κ3) is 2.56. The Morgan fingerprint density at radius 3 is 2.61 bits per heavy atom. The fourth-order valence-electron chi connectivity index (χ4n) is 1.98. The van der Waals surface area contributed by atoms with Crippen LogP contribution in [0.5, 0.6) is 0 Å². The third-order valence-electron chi connectivity index (χ3n) is 2.97. The standard InChI is InChI=1S/C13H14N2O3/c1-9(16)10-6-7-12(13(8-10)15(17)18)14-11-4-2-3-5-11/h2-3,6-8,11,14H,4-5H2,1H3. The summed E-state index contributed by atoms with van der Waals surface area (Å²) in [5.74, 6) is -0.174. The molecule has 0 bridgehead atoms. The average Bonchev–Trinajstić information content (AvgIpc) is 2.81. The van der Waals surface area contributed by atoms with Crippen molar-refractivity contribution in [3.8, 4) is 0 Å². The van der Waals surface area contributed by atoms with Crippen molar-refractivity contribution in [1.82, 2.24) is 0 Å². The average molecular weight is 246 g/mol. The van der Waals surface area contributed by atoms with Gasteiger partial charge in [0.1, 0.15) is 5.69 Å². The number of nitro groups is 1. The van der Waals surface area contributed by atoms with Gasteiger partial charge in [-0.2, -0.15) is 0 Å². The first-order valence-electron chi connectivity index (χ1n) is 5.79. The van der Waals surface area contributed by atoms with Gasteiger partial charge >= 0.3 is 0 Å². The largest absolute Gasteiger partial charge is 0.376 e. The van der Waals surface area contributed by atoms with E-state index in [-0.39, 0.29) is 17.5 Å². The predicted octanol–water partition coefficient (Wildman–Crippen LogP) is 2.93. The highest BCUT2D eigenvalue weighted by Gasteiger charge is 2.19. The van der Waals surface area contributed by atoms with E-state index in [1.165, 1.54) is 13.0 Å². The lowest BCUT2D eigenvalue weighted by Crippen LogP contribution is -2.16. The van der Waals surface area contributed by atoms with Gasteiger partial charge in [0.15, 0.2) is 5.78 Å². The third-order valence-corrected chi connectivity index (χ3v) is 2.97. The second-order valence-corrected chi connectivity index (χ2v) is 4.33. The van der Waals surface area contributed by atoms with E-state index in [2.05, 4.69) is 5.32 Å². The molecule has 5 nitrogen and oxygen atoms in total. The number of nitrogens with one attached hydrogen (secondary N) is 1. The summed E-state index contributed by atoms with van der Waals surface area (Å²) < 4.78 is 0. The van der Waals surface area contributed by atoms with Gasteiger partial charge in [0.05, 0.1) is 4.92 Å². The first-order valence-corrected chi connectivity index (χ1v) is 5.79. The van der Waals surface area contributed by atoms with Crippen molar-refractivity contribution in [2.45, 2.75) is 25.8 Å². The molecule has 2 rings (SSSR count). The Balaban J connectivity index is 2.28. The van der Waals surface area contributed by atoms with Crippen LogP contribution in [0.25, 0.3) is 0 Å². The van der Waals surface area contributed by atoms with Crippen LogP contribution in [0, 0.1) is 10.1 Å². The van der Waals surface area contributed by atoms with E-state index < -0.39 is 4.92 Å². The number of nitrogens with zero attached hydrogens (tertiary/aromatic N) is 1. The Morgan fingerprint density at radius 2 is 2.06 bits per heavy atom. The lowest BCUT2D eigenvalue weighted by molar-refractivity contribution is -0.384. The van der Waals surface area contributed by atoms with Crippen LogP contribution in [0.2, 0.25) is 0 Å². The number of hydrogen-bond acceptors (Lipinski definition) is 4. The van der Waals surface area contributed by atoms with Gasteiger partial charge in [-0.1, -0.05) is 12.2 Å². The van der Waals surface area contributed by atoms with Crippen LogP contribution in [-0.4, -0.2) is 16.7 Å². The van der Waals surface area contributed by atoms with Crippen molar-refractivity contribution in [2.75, 3.05) is 5.32 Å². The molecule has 0 atom stereocenters. The molecular formula is C13H14N2O3. The Labute approximate surface area is 105 Å². The first kappa shape index (κ1) is 12.3. The summed E-state index contributed by atoms with van der Waals surface area (Å²) in [6, 6.07) is 4.74. The molecule has 1 aromatic rings. The summed E-state index contributed by atoms with van der Waals surface area (Å²) in [7, 11) is 0. The lowest BCUT2D eigenvalue weighted by Gasteiger charge is -2.13. The summed E-state index contributed by atoms with van der Waals surface area (Å²) in [6.45, 7) is 1.40. The zero-order valence-corrected chi connectivity index (χ0v) is 10.1. The minimum Gasteiger partial charge on any atom is -0.376 e. The highest BCUT2D eigenvalue weighted by atomic mass is 16.6. The maximum absolute atomic E-state index is 11.2. The lowest BCUT2D eigenvalue weighted by atomic mass is 10.1. The molecule has 0 saturated carbocycles. The number of anilines is 1. The van der Waals surface area contributed by atoms with Crippen LogP contribution >= 0.6 is 0 Å². The van der Waals surface area contributed by atoms with Gasteiger partial charge in [0, 0.05) is 17.7 Å². The van der Waals surface area contributed by atoms with Crippen LogP contribution in [0.15, 0.2) is 30.4 Å². The van der Waals surface area contributed by atoms with E-state index in [9.17, 15) is 14.9 Å². The zero-order valence-electron chi connectivity index (χ0n) is 10.1. The van der Waals surface area contributed by atoms with Crippen molar-refractivity contribution in [3.05, 3.63) is 46.0 Å². The smallest absolute Gasteiger partial charge is 0.293 e. The van der Waals surface area contributed by atoms with Gasteiger partial charge in [0.25, 0.3) is 5.69 Å². The number of benzene rings is 1. The summed E-state index contributed by atoms with van der Waals surface area (Å²) >= 11 is 0. The molecule has 0 unspecified atom stereocenters. The molecule has 0 aromatic heterocycles. The number of rotatable bonds is 4. The molecule has 0 saturated heterocycles. The van der Waals surface area contributed by atoms with Crippen molar-refractivity contribution >= 4 is 17.2 Å². The van der Waals surface area contributed by atoms with Gasteiger partial charge in [-0.25, -0.2) is 0 Å². The van der Waals surface area contributed by atoms with Gasteiger partial charge in [-0.3, -0.25) is 14.9 Å². The molecule has 94 valence electrons. The van der Waals surface area contributed by atoms with Crippen molar-refractivity contribution in [1.29, 1.82) is 0 Å². The monoisotopic (exact) mass is 246 g/mol. The topological polar surface area (TPSA) is 72.2 Å². The highest BCUT2D eigenvalue weighted by molar-refractivity contribution is 5.95. The summed E-state index contributed by atoms with van der Waals surface area (Å²) in [6.07, 6.45) is 5.83. The summed E-state index contributed by atoms with van der Waals surface area (Å²) in [5, 5.41) is 14.2. The number of carbonyl (C=O) groups is 1. The number of hydrogen-bond donors (Lipinski definition) is 1. The Bertz CT molecular complexity index is 515. The molecule has 1 aliphatic carbocycles. The van der Waals surface area contributed by atoms with E-state index >= 15 is 0 Å². The fourth-order valence-corrected chi connectivity index (χ4v) is 1.98. The predicted molar refractivity (Wildman–Crippen MR) is 68.9 cm³/mol. The van der Waals surface area contributed by atoms with Crippen molar-refractivity contribution in [3.63, 3.8) is 0 Å². The Kier molecular flexibility index (Phi) is 3.41. The molecule has 0 heterocycles. The van der Waals surface area contributed by atoms with Gasteiger partial charge in [-0.15, -0.1) is 0 Å². The Hall–Kier alpha value is -2.17. The maximum Gasteiger partial charge on any atom is 0.293 e. The summed E-state index contributed by atoms with van der Waals surface area (Å²) in [4.78, 5) is 21.8. The molecule has 0 amide bonds. The minimum atomic E-state index is -0.461. The van der Waals surface area contributed by atoms with Gasteiger partial charge in [-0.05, 0) is 31.9 Å². The Morgan fingerprint density at radius 1 is 1.39 bits per heavy atom. The number of ketones is 1. The van der Waals surface area contributed by atoms with E-state index in [0.717, 1.165) is 12.8 Å². The molecule has 5 heteroatoms. The quantitative estimate of drug-likeness (QED) is 0.383. The van der Waals surface area contributed by atoms with Crippen LogP contribution < -0.4 is 5.32 Å².